The number of hydrogen-bond acceptors (Lipinski definition) is 4. The highest BCUT2D eigenvalue weighted by atomic mass is 32.2. The van der Waals surface area contributed by atoms with E-state index in [4.69, 9.17) is 5.73 Å². The maximum Gasteiger partial charge on any atom is 0.191 e. The Morgan fingerprint density at radius 1 is 1.69 bits per heavy atom. The van der Waals surface area contributed by atoms with Crippen molar-refractivity contribution in [2.75, 3.05) is 19.3 Å². The van der Waals surface area contributed by atoms with Crippen molar-refractivity contribution in [2.45, 2.75) is 30.6 Å². The van der Waals surface area contributed by atoms with Gasteiger partial charge in [0, 0.05) is 11.3 Å². The first-order valence-corrected chi connectivity index (χ1v) is 6.07. The lowest BCUT2D eigenvalue weighted by Crippen LogP contribution is -2.46. The Bertz CT molecular complexity index is 235. The van der Waals surface area contributed by atoms with Crippen molar-refractivity contribution < 1.29 is 0 Å². The van der Waals surface area contributed by atoms with Crippen LogP contribution in [0.1, 0.15) is 19.8 Å². The molecule has 0 aromatic rings. The molecule has 0 amide bonds. The predicted octanol–water partition coefficient (Wildman–Crippen LogP) is 0.901. The summed E-state index contributed by atoms with van der Waals surface area (Å²) in [5.41, 5.74) is 5.83. The Balaban J connectivity index is 2.10. The normalized spacial score (nSPS) is 30.5. The van der Waals surface area contributed by atoms with Crippen LogP contribution in [0, 0.1) is 0 Å². The van der Waals surface area contributed by atoms with Gasteiger partial charge in [0.1, 0.15) is 0 Å². The number of rotatable bonds is 3. The van der Waals surface area contributed by atoms with Crippen LogP contribution in [-0.4, -0.2) is 41.0 Å². The van der Waals surface area contributed by atoms with Gasteiger partial charge in [-0.25, -0.2) is 0 Å². The molecule has 0 saturated heterocycles. The van der Waals surface area contributed by atoms with Gasteiger partial charge >= 0.3 is 0 Å². The molecule has 1 fully saturated rings. The average molecular weight is 199 g/mol. The molecule has 74 valence electrons. The van der Waals surface area contributed by atoms with E-state index in [1.54, 1.807) is 0 Å². The highest BCUT2D eigenvalue weighted by Gasteiger charge is 2.52. The molecule has 1 saturated carbocycles. The van der Waals surface area contributed by atoms with Gasteiger partial charge in [0.15, 0.2) is 5.96 Å². The molecule has 4 heteroatoms. The molecule has 3 nitrogen and oxygen atoms in total. The van der Waals surface area contributed by atoms with Crippen molar-refractivity contribution in [2.24, 2.45) is 10.7 Å². The van der Waals surface area contributed by atoms with E-state index in [1.165, 1.54) is 12.8 Å². The van der Waals surface area contributed by atoms with Gasteiger partial charge in [-0.3, -0.25) is 4.99 Å². The van der Waals surface area contributed by atoms with Crippen LogP contribution in [0.15, 0.2) is 4.99 Å². The summed E-state index contributed by atoms with van der Waals surface area (Å²) in [5.74, 6) is 0.743. The van der Waals surface area contributed by atoms with Crippen molar-refractivity contribution >= 4 is 17.7 Å². The van der Waals surface area contributed by atoms with E-state index in [2.05, 4.69) is 23.1 Å². The van der Waals surface area contributed by atoms with Crippen LogP contribution in [0.2, 0.25) is 0 Å². The van der Waals surface area contributed by atoms with Gasteiger partial charge in [0.05, 0.1) is 12.6 Å². The van der Waals surface area contributed by atoms with Crippen LogP contribution in [0.3, 0.4) is 0 Å². The van der Waals surface area contributed by atoms with Gasteiger partial charge in [-0.2, -0.15) is 11.8 Å². The fraction of sp³-hybridized carbons (Fsp3) is 0.889. The van der Waals surface area contributed by atoms with Gasteiger partial charge < -0.3 is 10.6 Å². The number of nitrogens with zero attached hydrogens (tertiary/aromatic N) is 2. The summed E-state index contributed by atoms with van der Waals surface area (Å²) in [7, 11) is 0. The first kappa shape index (κ1) is 9.19. The first-order valence-electron chi connectivity index (χ1n) is 4.85. The van der Waals surface area contributed by atoms with Gasteiger partial charge in [-0.05, 0) is 26.0 Å². The van der Waals surface area contributed by atoms with Crippen LogP contribution < -0.4 is 5.73 Å². The minimum Gasteiger partial charge on any atom is -0.370 e. The number of guanidine groups is 1. The lowest BCUT2D eigenvalue weighted by atomic mass is 10.1. The molecule has 1 atom stereocenters. The van der Waals surface area contributed by atoms with Crippen molar-refractivity contribution in [3.05, 3.63) is 0 Å². The molecule has 0 radical (unpaired) electrons. The molecule has 0 spiro atoms. The zero-order valence-electron chi connectivity index (χ0n) is 8.29. The number of hydrogen-bond donors (Lipinski definition) is 1. The Kier molecular flexibility index (Phi) is 2.18. The molecule has 2 N–H and O–H groups in total. The third kappa shape index (κ3) is 1.31. The Morgan fingerprint density at radius 2 is 2.38 bits per heavy atom. The monoisotopic (exact) mass is 199 g/mol. The topological polar surface area (TPSA) is 41.6 Å². The van der Waals surface area contributed by atoms with E-state index in [0.717, 1.165) is 19.0 Å². The molecule has 1 heterocycles. The third-order valence-corrected chi connectivity index (χ3v) is 4.69. The maximum atomic E-state index is 5.83. The second-order valence-electron chi connectivity index (χ2n) is 3.77. The van der Waals surface area contributed by atoms with Crippen molar-refractivity contribution in [1.82, 2.24) is 4.90 Å². The van der Waals surface area contributed by atoms with Crippen LogP contribution in [0.4, 0.5) is 0 Å². The molecule has 13 heavy (non-hydrogen) atoms. The van der Waals surface area contributed by atoms with Crippen LogP contribution in [-0.2, 0) is 0 Å². The van der Waals surface area contributed by atoms with Crippen molar-refractivity contribution in [3.63, 3.8) is 0 Å². The first-order chi connectivity index (χ1) is 6.23. The van der Waals surface area contributed by atoms with Crippen LogP contribution in [0.25, 0.3) is 0 Å². The molecular weight excluding hydrogens is 182 g/mol. The summed E-state index contributed by atoms with van der Waals surface area (Å²) in [6.07, 6.45) is 4.87. The van der Waals surface area contributed by atoms with Crippen molar-refractivity contribution in [1.29, 1.82) is 0 Å². The molecule has 1 aliphatic heterocycles. The van der Waals surface area contributed by atoms with Crippen LogP contribution >= 0.6 is 11.8 Å². The zero-order valence-corrected chi connectivity index (χ0v) is 9.10. The molecule has 1 aliphatic carbocycles. The highest BCUT2D eigenvalue weighted by Crippen LogP contribution is 2.52. The van der Waals surface area contributed by atoms with Gasteiger partial charge in [0.25, 0.3) is 0 Å². The zero-order chi connectivity index (χ0) is 9.47. The quantitative estimate of drug-likeness (QED) is 0.734. The molecule has 2 rings (SSSR count). The van der Waals surface area contributed by atoms with E-state index in [9.17, 15) is 0 Å². The number of aliphatic imine (C=N–C) groups is 1. The standard InChI is InChI=1S/C9H17N3S/c1-3-12-7(6-11-8(12)10)9(13-2)4-5-9/h7H,3-6H2,1-2H3,(H2,10,11). The lowest BCUT2D eigenvalue weighted by Gasteiger charge is -2.30. The maximum absolute atomic E-state index is 5.83. The highest BCUT2D eigenvalue weighted by molar-refractivity contribution is 8.00. The van der Waals surface area contributed by atoms with E-state index in [1.807, 2.05) is 11.8 Å². The Morgan fingerprint density at radius 3 is 2.85 bits per heavy atom. The summed E-state index contributed by atoms with van der Waals surface area (Å²) >= 11 is 1.99. The molecular formula is C9H17N3S. The van der Waals surface area contributed by atoms with E-state index in [0.29, 0.717) is 10.8 Å². The summed E-state index contributed by atoms with van der Waals surface area (Å²) in [6.45, 7) is 4.04. The largest absolute Gasteiger partial charge is 0.370 e. The smallest absolute Gasteiger partial charge is 0.191 e. The third-order valence-electron chi connectivity index (χ3n) is 3.19. The number of thioether (sulfide) groups is 1. The molecule has 2 aliphatic rings. The van der Waals surface area contributed by atoms with E-state index in [-0.39, 0.29) is 0 Å². The summed E-state index contributed by atoms with van der Waals surface area (Å²) < 4.78 is 0.473. The second-order valence-corrected chi connectivity index (χ2v) is 4.99. The molecule has 0 aromatic carbocycles. The van der Waals surface area contributed by atoms with Gasteiger partial charge in [-0.15, -0.1) is 0 Å². The van der Waals surface area contributed by atoms with Gasteiger partial charge in [0.2, 0.25) is 0 Å². The fourth-order valence-corrected chi connectivity index (χ4v) is 3.14. The van der Waals surface area contributed by atoms with Crippen molar-refractivity contribution in [3.8, 4) is 0 Å². The SMILES string of the molecule is CCN1C(N)=NCC1C1(SC)CC1. The predicted molar refractivity (Wildman–Crippen MR) is 58.1 cm³/mol. The summed E-state index contributed by atoms with van der Waals surface area (Å²) in [6, 6.07) is 0.562. The second kappa shape index (κ2) is 3.08. The number of likely N-dealkylation sites (N-methyl/N-ethyl adjacent to an activating group) is 1. The van der Waals surface area contributed by atoms with Gasteiger partial charge in [-0.1, -0.05) is 0 Å². The van der Waals surface area contributed by atoms with E-state index < -0.39 is 0 Å². The Hall–Kier alpha value is -0.380. The minimum atomic E-state index is 0.473. The van der Waals surface area contributed by atoms with Crippen LogP contribution in [0.5, 0.6) is 0 Å². The summed E-state index contributed by atoms with van der Waals surface area (Å²) in [4.78, 5) is 6.58. The summed E-state index contributed by atoms with van der Waals surface area (Å²) in [5, 5.41) is 0. The fourth-order valence-electron chi connectivity index (χ4n) is 2.16. The molecule has 0 bridgehead atoms. The molecule has 1 unspecified atom stereocenters. The Labute approximate surface area is 83.8 Å². The van der Waals surface area contributed by atoms with E-state index >= 15 is 0 Å². The minimum absolute atomic E-state index is 0.473. The number of nitrogens with two attached hydrogens (primary N) is 1. The molecule has 0 aromatic heterocycles. The average Bonchev–Trinajstić information content (AvgIpc) is 2.85. The lowest BCUT2D eigenvalue weighted by molar-refractivity contribution is 0.339.